The fourth-order valence-corrected chi connectivity index (χ4v) is 6.26. The first-order valence-electron chi connectivity index (χ1n) is 15.6. The van der Waals surface area contributed by atoms with Crippen LogP contribution in [-0.4, -0.2) is 38.8 Å². The number of aromatic amines is 1. The Morgan fingerprint density at radius 3 is 2.22 bits per heavy atom. The second kappa shape index (κ2) is 15.1. The Balaban J connectivity index is 1.21. The molecule has 9 heteroatoms. The maximum atomic E-state index is 12.6. The molecule has 5 rings (SSSR count). The summed E-state index contributed by atoms with van der Waals surface area (Å²) in [4.78, 5) is 16.2. The SMILES string of the molecule is Cc1cc(C)cc(-c2[nH]c3ccc(NC(=O)OCc4ccccc4)cc3c2CCNCCCCc2ccc(NS(C)(=O)=O)cc2)c1. The molecule has 0 aliphatic carbocycles. The number of unbranched alkanes of at least 4 members (excludes halogenated alkanes) is 1. The van der Waals surface area contributed by atoms with Gasteiger partial charge in [-0.2, -0.15) is 0 Å². The molecule has 5 aromatic rings. The molecule has 0 fully saturated rings. The summed E-state index contributed by atoms with van der Waals surface area (Å²) in [6.07, 6.45) is 4.47. The second-order valence-electron chi connectivity index (χ2n) is 11.8. The molecule has 240 valence electrons. The van der Waals surface area contributed by atoms with Crippen molar-refractivity contribution in [1.82, 2.24) is 10.3 Å². The van der Waals surface area contributed by atoms with Gasteiger partial charge in [-0.3, -0.25) is 10.0 Å². The maximum absolute atomic E-state index is 12.6. The van der Waals surface area contributed by atoms with Gasteiger partial charge in [-0.15, -0.1) is 0 Å². The predicted molar refractivity (Wildman–Crippen MR) is 188 cm³/mol. The lowest BCUT2D eigenvalue weighted by Gasteiger charge is -2.10. The smallest absolute Gasteiger partial charge is 0.411 e. The molecule has 0 saturated heterocycles. The number of hydrogen-bond donors (Lipinski definition) is 4. The Morgan fingerprint density at radius 2 is 1.50 bits per heavy atom. The van der Waals surface area contributed by atoms with E-state index in [0.29, 0.717) is 11.4 Å². The van der Waals surface area contributed by atoms with E-state index < -0.39 is 16.1 Å². The maximum Gasteiger partial charge on any atom is 0.411 e. The predicted octanol–water partition coefficient (Wildman–Crippen LogP) is 7.73. The molecule has 0 aliphatic rings. The van der Waals surface area contributed by atoms with Crippen molar-refractivity contribution in [2.24, 2.45) is 0 Å². The van der Waals surface area contributed by atoms with Crippen LogP contribution in [-0.2, 0) is 34.2 Å². The molecule has 0 spiro atoms. The molecule has 8 nitrogen and oxygen atoms in total. The average molecular weight is 639 g/mol. The highest BCUT2D eigenvalue weighted by Gasteiger charge is 2.15. The zero-order valence-electron chi connectivity index (χ0n) is 26.7. The Kier molecular flexibility index (Phi) is 10.8. The number of benzene rings is 4. The molecule has 0 aliphatic heterocycles. The van der Waals surface area contributed by atoms with Crippen LogP contribution in [0.15, 0.2) is 91.0 Å². The highest BCUT2D eigenvalue weighted by molar-refractivity contribution is 7.92. The number of carbonyl (C=O) groups excluding carboxylic acids is 1. The summed E-state index contributed by atoms with van der Waals surface area (Å²) in [5, 5.41) is 7.58. The lowest BCUT2D eigenvalue weighted by Crippen LogP contribution is -2.18. The first-order chi connectivity index (χ1) is 22.1. The quantitative estimate of drug-likeness (QED) is 0.0931. The fourth-order valence-electron chi connectivity index (χ4n) is 5.70. The van der Waals surface area contributed by atoms with Gasteiger partial charge >= 0.3 is 6.09 Å². The largest absolute Gasteiger partial charge is 0.444 e. The first-order valence-corrected chi connectivity index (χ1v) is 17.5. The molecular weight excluding hydrogens is 596 g/mol. The number of anilines is 2. The number of hydrogen-bond acceptors (Lipinski definition) is 5. The van der Waals surface area contributed by atoms with Crippen LogP contribution < -0.4 is 15.4 Å². The van der Waals surface area contributed by atoms with E-state index in [1.165, 1.54) is 22.3 Å². The number of amides is 1. The molecule has 1 aromatic heterocycles. The zero-order chi connectivity index (χ0) is 32.5. The van der Waals surface area contributed by atoms with E-state index in [-0.39, 0.29) is 6.61 Å². The lowest BCUT2D eigenvalue weighted by atomic mass is 9.99. The van der Waals surface area contributed by atoms with Gasteiger partial charge in [0.1, 0.15) is 6.61 Å². The van der Waals surface area contributed by atoms with Crippen LogP contribution in [0.3, 0.4) is 0 Å². The van der Waals surface area contributed by atoms with Crippen molar-refractivity contribution in [3.63, 3.8) is 0 Å². The van der Waals surface area contributed by atoms with Gasteiger partial charge in [0.2, 0.25) is 10.0 Å². The standard InChI is InChI=1S/C37H42N4O4S/c1-26-21-27(2)23-30(22-26)36-33(18-20-38-19-8-7-9-28-12-14-31(15-13-28)41-46(3,43)44)34-24-32(16-17-35(34)40-36)39-37(42)45-25-29-10-5-4-6-11-29/h4-6,10-17,21-24,38,40-41H,7-9,18-20,25H2,1-3H3,(H,39,42). The molecule has 0 bridgehead atoms. The molecule has 46 heavy (non-hydrogen) atoms. The summed E-state index contributed by atoms with van der Waals surface area (Å²) >= 11 is 0. The molecule has 0 saturated carbocycles. The van der Waals surface area contributed by atoms with E-state index in [1.54, 1.807) is 12.1 Å². The number of aromatic nitrogens is 1. The van der Waals surface area contributed by atoms with Crippen LogP contribution in [0.25, 0.3) is 22.2 Å². The van der Waals surface area contributed by atoms with Gasteiger partial charge in [0, 0.05) is 28.0 Å². The van der Waals surface area contributed by atoms with E-state index in [4.69, 9.17) is 4.74 Å². The summed E-state index contributed by atoms with van der Waals surface area (Å²) in [5.41, 5.74) is 10.3. The third-order valence-corrected chi connectivity index (χ3v) is 8.36. The lowest BCUT2D eigenvalue weighted by molar-refractivity contribution is 0.155. The monoisotopic (exact) mass is 638 g/mol. The van der Waals surface area contributed by atoms with Crippen LogP contribution >= 0.6 is 0 Å². The number of sulfonamides is 1. The summed E-state index contributed by atoms with van der Waals surface area (Å²) in [5.74, 6) is 0. The molecular formula is C37H42N4O4S. The first kappa shape index (κ1) is 32.8. The molecule has 4 N–H and O–H groups in total. The van der Waals surface area contributed by atoms with Crippen LogP contribution in [0, 0.1) is 13.8 Å². The minimum atomic E-state index is -3.27. The van der Waals surface area contributed by atoms with Gasteiger partial charge < -0.3 is 15.0 Å². The average Bonchev–Trinajstić information content (AvgIpc) is 3.37. The number of aryl methyl sites for hydroxylation is 3. The normalized spacial score (nSPS) is 11.5. The van der Waals surface area contributed by atoms with Crippen LogP contribution in [0.4, 0.5) is 16.2 Å². The number of rotatable bonds is 14. The van der Waals surface area contributed by atoms with E-state index >= 15 is 0 Å². The minimum absolute atomic E-state index is 0.210. The zero-order valence-corrected chi connectivity index (χ0v) is 27.5. The third-order valence-electron chi connectivity index (χ3n) is 7.75. The van der Waals surface area contributed by atoms with Crippen molar-refractivity contribution in [3.8, 4) is 11.3 Å². The molecule has 1 heterocycles. The van der Waals surface area contributed by atoms with Crippen LogP contribution in [0.1, 0.15) is 40.7 Å². The van der Waals surface area contributed by atoms with E-state index in [0.717, 1.165) is 72.8 Å². The Hall–Kier alpha value is -4.60. The molecule has 0 atom stereocenters. The van der Waals surface area contributed by atoms with Gasteiger partial charge in [0.15, 0.2) is 0 Å². The number of ether oxygens (including phenoxy) is 1. The van der Waals surface area contributed by atoms with E-state index in [9.17, 15) is 13.2 Å². The highest BCUT2D eigenvalue weighted by Crippen LogP contribution is 2.33. The summed E-state index contributed by atoms with van der Waals surface area (Å²) in [7, 11) is -3.27. The second-order valence-corrected chi connectivity index (χ2v) is 13.6. The van der Waals surface area contributed by atoms with Crippen molar-refractivity contribution >= 4 is 38.4 Å². The third kappa shape index (κ3) is 9.45. The number of nitrogens with one attached hydrogen (secondary N) is 4. The Morgan fingerprint density at radius 1 is 0.783 bits per heavy atom. The van der Waals surface area contributed by atoms with Crippen molar-refractivity contribution < 1.29 is 17.9 Å². The van der Waals surface area contributed by atoms with Gasteiger partial charge in [0.25, 0.3) is 0 Å². The van der Waals surface area contributed by atoms with Crippen LogP contribution in [0.5, 0.6) is 0 Å². The summed E-state index contributed by atoms with van der Waals surface area (Å²) < 4.78 is 30.8. The van der Waals surface area contributed by atoms with Gasteiger partial charge in [0.05, 0.1) is 6.26 Å². The van der Waals surface area contributed by atoms with Gasteiger partial charge in [-0.1, -0.05) is 59.7 Å². The molecule has 1 amide bonds. The number of fused-ring (bicyclic) bond motifs is 1. The topological polar surface area (TPSA) is 112 Å². The van der Waals surface area contributed by atoms with Crippen molar-refractivity contribution in [1.29, 1.82) is 0 Å². The Bertz CT molecular complexity index is 1860. The molecule has 0 radical (unpaired) electrons. The molecule has 0 unspecified atom stereocenters. The number of carbonyl (C=O) groups is 1. The summed E-state index contributed by atoms with van der Waals surface area (Å²) in [6.45, 7) is 6.15. The van der Waals surface area contributed by atoms with E-state index in [2.05, 4.69) is 52.4 Å². The van der Waals surface area contributed by atoms with Crippen LogP contribution in [0.2, 0.25) is 0 Å². The van der Waals surface area contributed by atoms with Gasteiger partial charge in [-0.05, 0) is 117 Å². The fraction of sp³-hybridized carbons (Fsp3) is 0.270. The van der Waals surface area contributed by atoms with Crippen molar-refractivity contribution in [2.45, 2.75) is 46.1 Å². The van der Waals surface area contributed by atoms with Crippen molar-refractivity contribution in [3.05, 3.63) is 119 Å². The number of H-pyrrole nitrogens is 1. The van der Waals surface area contributed by atoms with E-state index in [1.807, 2.05) is 60.7 Å². The Labute approximate surface area is 271 Å². The van der Waals surface area contributed by atoms with Gasteiger partial charge in [-0.25, -0.2) is 13.2 Å². The minimum Gasteiger partial charge on any atom is -0.444 e. The van der Waals surface area contributed by atoms with Crippen molar-refractivity contribution in [2.75, 3.05) is 29.4 Å². The highest BCUT2D eigenvalue weighted by atomic mass is 32.2. The molecule has 4 aromatic carbocycles. The summed E-state index contributed by atoms with van der Waals surface area (Å²) in [6, 6.07) is 29.7.